The van der Waals surface area contributed by atoms with Gasteiger partial charge in [0.2, 0.25) is 11.7 Å². The molecule has 1 aliphatic heterocycles. The Morgan fingerprint density at radius 3 is 2.69 bits per heavy atom. The molecule has 1 aliphatic carbocycles. The molecule has 7 heteroatoms. The summed E-state index contributed by atoms with van der Waals surface area (Å²) in [7, 11) is 0. The van der Waals surface area contributed by atoms with Crippen LogP contribution < -0.4 is 5.32 Å². The van der Waals surface area contributed by atoms with E-state index in [1.54, 1.807) is 23.1 Å². The van der Waals surface area contributed by atoms with Crippen molar-refractivity contribution >= 4 is 11.8 Å². The van der Waals surface area contributed by atoms with E-state index in [0.29, 0.717) is 30.1 Å². The Hall–Kier alpha value is -2.70. The lowest BCUT2D eigenvalue weighted by atomic mass is 9.96. The highest BCUT2D eigenvalue weighted by atomic mass is 19.1. The van der Waals surface area contributed by atoms with Crippen molar-refractivity contribution < 1.29 is 18.5 Å². The molecule has 1 aromatic carbocycles. The van der Waals surface area contributed by atoms with E-state index in [2.05, 4.69) is 10.5 Å². The number of piperazine rings is 1. The lowest BCUT2D eigenvalue weighted by Crippen LogP contribution is -2.61. The van der Waals surface area contributed by atoms with Crippen molar-refractivity contribution in [3.63, 3.8) is 0 Å². The molecule has 1 aromatic heterocycles. The standard InChI is InChI=1S/C22H26FN3O3/c1-13(2)9-19-21(27)24-17(10-14-3-4-14)12-26(19)22(28)20-11-18(25-29-20)15-5-7-16(23)8-6-15/h5-8,11,13-14,17,19H,3-4,9-10,12H2,1-2H3,(H,24,27). The summed E-state index contributed by atoms with van der Waals surface area (Å²) in [4.78, 5) is 27.6. The van der Waals surface area contributed by atoms with Crippen LogP contribution in [0.15, 0.2) is 34.9 Å². The summed E-state index contributed by atoms with van der Waals surface area (Å²) in [5, 5.41) is 7.07. The summed E-state index contributed by atoms with van der Waals surface area (Å²) < 4.78 is 18.5. The van der Waals surface area contributed by atoms with Gasteiger partial charge in [-0.2, -0.15) is 0 Å². The summed E-state index contributed by atoms with van der Waals surface area (Å²) in [6.45, 7) is 4.55. The molecule has 2 fully saturated rings. The molecule has 0 spiro atoms. The van der Waals surface area contributed by atoms with Crippen molar-refractivity contribution in [2.24, 2.45) is 11.8 Å². The van der Waals surface area contributed by atoms with Crippen molar-refractivity contribution in [2.45, 2.75) is 51.6 Å². The largest absolute Gasteiger partial charge is 0.350 e. The van der Waals surface area contributed by atoms with E-state index in [1.165, 1.54) is 25.0 Å². The van der Waals surface area contributed by atoms with E-state index in [-0.39, 0.29) is 35.4 Å². The highest BCUT2D eigenvalue weighted by molar-refractivity contribution is 5.97. The number of nitrogens with one attached hydrogen (secondary N) is 1. The van der Waals surface area contributed by atoms with Crippen LogP contribution in [-0.4, -0.2) is 40.5 Å². The smallest absolute Gasteiger partial charge is 0.293 e. The summed E-state index contributed by atoms with van der Waals surface area (Å²) in [5.41, 5.74) is 1.13. The first-order valence-corrected chi connectivity index (χ1v) is 10.2. The summed E-state index contributed by atoms with van der Waals surface area (Å²) in [5.74, 6) is 0.248. The molecule has 2 heterocycles. The molecule has 29 heavy (non-hydrogen) atoms. The first-order valence-electron chi connectivity index (χ1n) is 10.2. The van der Waals surface area contributed by atoms with Gasteiger partial charge in [0.15, 0.2) is 0 Å². The maximum Gasteiger partial charge on any atom is 0.293 e. The van der Waals surface area contributed by atoms with E-state index in [9.17, 15) is 14.0 Å². The topological polar surface area (TPSA) is 75.4 Å². The summed E-state index contributed by atoms with van der Waals surface area (Å²) in [6, 6.07) is 6.86. The van der Waals surface area contributed by atoms with Crippen molar-refractivity contribution in [3.05, 3.63) is 41.9 Å². The van der Waals surface area contributed by atoms with Gasteiger partial charge in [0.05, 0.1) is 0 Å². The number of amides is 2. The van der Waals surface area contributed by atoms with E-state index >= 15 is 0 Å². The van der Waals surface area contributed by atoms with Gasteiger partial charge in [-0.15, -0.1) is 0 Å². The zero-order valence-electron chi connectivity index (χ0n) is 16.7. The van der Waals surface area contributed by atoms with Gasteiger partial charge in [0.25, 0.3) is 5.91 Å². The minimum absolute atomic E-state index is 0.0261. The van der Waals surface area contributed by atoms with Crippen LogP contribution in [0.25, 0.3) is 11.3 Å². The lowest BCUT2D eigenvalue weighted by Gasteiger charge is -2.39. The third kappa shape index (κ3) is 4.49. The highest BCUT2D eigenvalue weighted by Gasteiger charge is 2.40. The molecule has 2 unspecified atom stereocenters. The number of nitrogens with zero attached hydrogens (tertiary/aromatic N) is 2. The normalized spacial score (nSPS) is 22.1. The minimum atomic E-state index is -0.516. The predicted octanol–water partition coefficient (Wildman–Crippen LogP) is 3.64. The molecular formula is C22H26FN3O3. The molecule has 4 rings (SSSR count). The number of rotatable bonds is 6. The molecule has 0 radical (unpaired) electrons. The third-order valence-electron chi connectivity index (χ3n) is 5.57. The first-order chi connectivity index (χ1) is 13.9. The lowest BCUT2D eigenvalue weighted by molar-refractivity contribution is -0.130. The summed E-state index contributed by atoms with van der Waals surface area (Å²) >= 11 is 0. The number of benzene rings is 1. The Morgan fingerprint density at radius 1 is 1.31 bits per heavy atom. The van der Waals surface area contributed by atoms with Crippen molar-refractivity contribution in [2.75, 3.05) is 6.54 Å². The second kappa shape index (κ2) is 7.97. The average Bonchev–Trinajstić information content (AvgIpc) is 3.35. The molecule has 2 aromatic rings. The Kier molecular flexibility index (Phi) is 5.39. The molecule has 1 N–H and O–H groups in total. The van der Waals surface area contributed by atoms with E-state index < -0.39 is 6.04 Å². The second-order valence-corrected chi connectivity index (χ2v) is 8.57. The van der Waals surface area contributed by atoms with Crippen LogP contribution in [0, 0.1) is 17.7 Å². The molecule has 1 saturated heterocycles. The van der Waals surface area contributed by atoms with Gasteiger partial charge in [0.1, 0.15) is 17.6 Å². The molecule has 2 amide bonds. The predicted molar refractivity (Wildman–Crippen MR) is 105 cm³/mol. The average molecular weight is 399 g/mol. The van der Waals surface area contributed by atoms with Gasteiger partial charge in [-0.3, -0.25) is 9.59 Å². The number of carbonyl (C=O) groups is 2. The number of hydrogen-bond donors (Lipinski definition) is 1. The van der Waals surface area contributed by atoms with Gasteiger partial charge in [-0.05, 0) is 48.9 Å². The third-order valence-corrected chi connectivity index (χ3v) is 5.57. The maximum absolute atomic E-state index is 13.2. The van der Waals surface area contributed by atoms with Gasteiger partial charge >= 0.3 is 0 Å². The van der Waals surface area contributed by atoms with Gasteiger partial charge < -0.3 is 14.7 Å². The van der Waals surface area contributed by atoms with Crippen LogP contribution in [0.5, 0.6) is 0 Å². The van der Waals surface area contributed by atoms with Gasteiger partial charge in [0, 0.05) is 24.2 Å². The van der Waals surface area contributed by atoms with Gasteiger partial charge in [-0.25, -0.2) is 4.39 Å². The maximum atomic E-state index is 13.2. The van der Waals surface area contributed by atoms with Crippen LogP contribution in [0.3, 0.4) is 0 Å². The SMILES string of the molecule is CC(C)CC1C(=O)NC(CC2CC2)CN1C(=O)c1cc(-c2ccc(F)cc2)no1. The van der Waals surface area contributed by atoms with Crippen LogP contribution >= 0.6 is 0 Å². The summed E-state index contributed by atoms with van der Waals surface area (Å²) in [6.07, 6.45) is 3.88. The molecule has 154 valence electrons. The molecule has 2 atom stereocenters. The van der Waals surface area contributed by atoms with Crippen LogP contribution in [-0.2, 0) is 4.79 Å². The van der Waals surface area contributed by atoms with Crippen LogP contribution in [0.1, 0.15) is 50.1 Å². The fourth-order valence-corrected chi connectivity index (χ4v) is 3.92. The Bertz CT molecular complexity index is 889. The molecule has 2 aliphatic rings. The molecule has 0 bridgehead atoms. The number of carbonyl (C=O) groups excluding carboxylic acids is 2. The molecular weight excluding hydrogens is 373 g/mol. The quantitative estimate of drug-likeness (QED) is 0.805. The number of aromatic nitrogens is 1. The minimum Gasteiger partial charge on any atom is -0.350 e. The van der Waals surface area contributed by atoms with Gasteiger partial charge in [-0.1, -0.05) is 31.8 Å². The number of hydrogen-bond acceptors (Lipinski definition) is 4. The van der Waals surface area contributed by atoms with Crippen molar-refractivity contribution in [1.82, 2.24) is 15.4 Å². The van der Waals surface area contributed by atoms with E-state index in [1.807, 2.05) is 13.8 Å². The Morgan fingerprint density at radius 2 is 2.03 bits per heavy atom. The fraction of sp³-hybridized carbons (Fsp3) is 0.500. The zero-order valence-corrected chi connectivity index (χ0v) is 16.7. The van der Waals surface area contributed by atoms with Crippen molar-refractivity contribution in [1.29, 1.82) is 0 Å². The zero-order chi connectivity index (χ0) is 20.5. The van der Waals surface area contributed by atoms with E-state index in [4.69, 9.17) is 4.52 Å². The first kappa shape index (κ1) is 19.6. The second-order valence-electron chi connectivity index (χ2n) is 8.57. The highest BCUT2D eigenvalue weighted by Crippen LogP contribution is 2.35. The van der Waals surface area contributed by atoms with Crippen molar-refractivity contribution in [3.8, 4) is 11.3 Å². The Labute approximate surface area is 169 Å². The fourth-order valence-electron chi connectivity index (χ4n) is 3.92. The van der Waals surface area contributed by atoms with Crippen LogP contribution in [0.2, 0.25) is 0 Å². The number of halogens is 1. The van der Waals surface area contributed by atoms with Crippen LogP contribution in [0.4, 0.5) is 4.39 Å². The van der Waals surface area contributed by atoms with E-state index in [0.717, 1.165) is 6.42 Å². The monoisotopic (exact) mass is 399 g/mol. The Balaban J connectivity index is 1.56. The molecule has 6 nitrogen and oxygen atoms in total. The molecule has 1 saturated carbocycles.